The molecular weight excluding hydrogens is 216 g/mol. The van der Waals surface area contributed by atoms with Gasteiger partial charge < -0.3 is 15.2 Å². The Morgan fingerprint density at radius 1 is 1.60 bits per heavy atom. The molecule has 0 aliphatic carbocycles. The minimum Gasteiger partial charge on any atom is -0.476 e. The molecule has 0 saturated carbocycles. The molecule has 15 heavy (non-hydrogen) atoms. The monoisotopic (exact) mass is 224 g/mol. The summed E-state index contributed by atoms with van der Waals surface area (Å²) in [4.78, 5) is 17.7. The van der Waals surface area contributed by atoms with Crippen LogP contribution in [0.15, 0.2) is 23.8 Å². The first-order chi connectivity index (χ1) is 7.20. The van der Waals surface area contributed by atoms with E-state index in [0.717, 1.165) is 0 Å². The highest BCUT2D eigenvalue weighted by atomic mass is 32.1. The number of hydrogen-bond acceptors (Lipinski definition) is 4. The molecule has 5 nitrogen and oxygen atoms in total. The van der Waals surface area contributed by atoms with Gasteiger partial charge in [0.1, 0.15) is 6.10 Å². The lowest BCUT2D eigenvalue weighted by molar-refractivity contribution is 0.0685. The summed E-state index contributed by atoms with van der Waals surface area (Å²) in [5.74, 6) is -1.15. The second-order valence-corrected chi connectivity index (χ2v) is 3.87. The van der Waals surface area contributed by atoms with Gasteiger partial charge in [0, 0.05) is 4.88 Å². The minimum absolute atomic E-state index is 0.143. The number of rotatable bonds is 3. The maximum atomic E-state index is 10.8. The van der Waals surface area contributed by atoms with Crippen LogP contribution in [0.5, 0.6) is 0 Å². The number of carbonyl (C=O) groups is 1. The number of nitrogens with zero attached hydrogens (tertiary/aromatic N) is 1. The highest BCUT2D eigenvalue weighted by molar-refractivity contribution is 7.10. The van der Waals surface area contributed by atoms with Crippen LogP contribution in [0, 0.1) is 0 Å². The van der Waals surface area contributed by atoms with Crippen LogP contribution in [0.2, 0.25) is 0 Å². The second kappa shape index (κ2) is 3.84. The number of nitrogens with one attached hydrogen (secondary N) is 1. The molecule has 2 heterocycles. The van der Waals surface area contributed by atoms with E-state index in [0.29, 0.717) is 4.88 Å². The molecule has 78 valence electrons. The third kappa shape index (κ3) is 1.77. The SMILES string of the molecule is O=C(O)c1nc[nH]c1C(O)c1cccs1. The first-order valence-corrected chi connectivity index (χ1v) is 5.06. The first-order valence-electron chi connectivity index (χ1n) is 4.18. The molecule has 1 unspecified atom stereocenters. The van der Waals surface area contributed by atoms with Crippen LogP contribution in [-0.2, 0) is 0 Å². The van der Waals surface area contributed by atoms with Crippen LogP contribution in [-0.4, -0.2) is 26.2 Å². The van der Waals surface area contributed by atoms with E-state index in [9.17, 15) is 9.90 Å². The first kappa shape index (κ1) is 9.88. The molecule has 2 rings (SSSR count). The Hall–Kier alpha value is -1.66. The molecule has 2 aromatic rings. The fourth-order valence-corrected chi connectivity index (χ4v) is 1.99. The van der Waals surface area contributed by atoms with Crippen molar-refractivity contribution in [3.63, 3.8) is 0 Å². The number of hydrogen-bond donors (Lipinski definition) is 3. The summed E-state index contributed by atoms with van der Waals surface area (Å²) < 4.78 is 0. The number of aromatic nitrogens is 2. The smallest absolute Gasteiger partial charge is 0.356 e. The summed E-state index contributed by atoms with van der Waals surface area (Å²) in [6.45, 7) is 0. The van der Waals surface area contributed by atoms with Gasteiger partial charge in [-0.05, 0) is 11.4 Å². The minimum atomic E-state index is -1.15. The van der Waals surface area contributed by atoms with Crippen molar-refractivity contribution < 1.29 is 15.0 Å². The van der Waals surface area contributed by atoms with Gasteiger partial charge in [0.2, 0.25) is 0 Å². The van der Waals surface area contributed by atoms with E-state index in [1.807, 2.05) is 5.38 Å². The molecule has 2 aromatic heterocycles. The van der Waals surface area contributed by atoms with Crippen LogP contribution in [0.25, 0.3) is 0 Å². The van der Waals surface area contributed by atoms with Gasteiger partial charge in [-0.1, -0.05) is 6.07 Å². The van der Waals surface area contributed by atoms with Gasteiger partial charge in [0.15, 0.2) is 5.69 Å². The highest BCUT2D eigenvalue weighted by Crippen LogP contribution is 2.25. The Balaban J connectivity index is 2.37. The number of thiophene rings is 1. The third-order valence-electron chi connectivity index (χ3n) is 1.96. The maximum Gasteiger partial charge on any atom is 0.356 e. The van der Waals surface area contributed by atoms with Crippen LogP contribution in [0.1, 0.15) is 27.2 Å². The summed E-state index contributed by atoms with van der Waals surface area (Å²) in [7, 11) is 0. The lowest BCUT2D eigenvalue weighted by Gasteiger charge is -2.06. The summed E-state index contributed by atoms with van der Waals surface area (Å²) >= 11 is 1.36. The van der Waals surface area contributed by atoms with Crippen molar-refractivity contribution in [1.82, 2.24) is 9.97 Å². The number of carboxylic acids is 1. The van der Waals surface area contributed by atoms with Crippen molar-refractivity contribution in [2.45, 2.75) is 6.10 Å². The van der Waals surface area contributed by atoms with E-state index < -0.39 is 12.1 Å². The highest BCUT2D eigenvalue weighted by Gasteiger charge is 2.21. The molecule has 0 amide bonds. The molecule has 0 aromatic carbocycles. The Labute approximate surface area is 89.0 Å². The van der Waals surface area contributed by atoms with Gasteiger partial charge in [-0.3, -0.25) is 0 Å². The average Bonchev–Trinajstić information content (AvgIpc) is 2.88. The maximum absolute atomic E-state index is 10.8. The number of aromatic amines is 1. The predicted molar refractivity (Wildman–Crippen MR) is 53.9 cm³/mol. The number of aliphatic hydroxyl groups is 1. The lowest BCUT2D eigenvalue weighted by Crippen LogP contribution is -2.07. The van der Waals surface area contributed by atoms with E-state index in [4.69, 9.17) is 5.11 Å². The number of carboxylic acid groups (broad SMARTS) is 1. The predicted octanol–water partition coefficient (Wildman–Crippen LogP) is 1.25. The Bertz CT molecular complexity index is 463. The molecule has 0 bridgehead atoms. The molecule has 0 fully saturated rings. The van der Waals surface area contributed by atoms with Crippen molar-refractivity contribution in [3.8, 4) is 0 Å². The molecule has 1 atom stereocenters. The second-order valence-electron chi connectivity index (χ2n) is 2.89. The molecule has 0 spiro atoms. The van der Waals surface area contributed by atoms with Crippen LogP contribution in [0.4, 0.5) is 0 Å². The van der Waals surface area contributed by atoms with Gasteiger partial charge in [-0.2, -0.15) is 0 Å². The quantitative estimate of drug-likeness (QED) is 0.732. The van der Waals surface area contributed by atoms with E-state index in [2.05, 4.69) is 9.97 Å². The van der Waals surface area contributed by atoms with E-state index in [-0.39, 0.29) is 11.4 Å². The number of aromatic carboxylic acids is 1. The topological polar surface area (TPSA) is 86.2 Å². The van der Waals surface area contributed by atoms with Gasteiger partial charge >= 0.3 is 5.97 Å². The van der Waals surface area contributed by atoms with Crippen molar-refractivity contribution in [2.24, 2.45) is 0 Å². The van der Waals surface area contributed by atoms with Crippen molar-refractivity contribution in [1.29, 1.82) is 0 Å². The van der Waals surface area contributed by atoms with Crippen LogP contribution >= 0.6 is 11.3 Å². The number of aliphatic hydroxyl groups excluding tert-OH is 1. The van der Waals surface area contributed by atoms with Crippen molar-refractivity contribution in [3.05, 3.63) is 40.1 Å². The van der Waals surface area contributed by atoms with Gasteiger partial charge in [0.05, 0.1) is 12.0 Å². The molecule has 3 N–H and O–H groups in total. The zero-order valence-electron chi connectivity index (χ0n) is 7.54. The van der Waals surface area contributed by atoms with E-state index >= 15 is 0 Å². The summed E-state index contributed by atoms with van der Waals surface area (Å²) in [5, 5.41) is 20.5. The Morgan fingerprint density at radius 3 is 3.00 bits per heavy atom. The average molecular weight is 224 g/mol. The molecule has 0 aliphatic heterocycles. The fourth-order valence-electron chi connectivity index (χ4n) is 1.27. The van der Waals surface area contributed by atoms with Crippen molar-refractivity contribution >= 4 is 17.3 Å². The fraction of sp³-hybridized carbons (Fsp3) is 0.111. The Kier molecular flexibility index (Phi) is 2.53. The normalized spacial score (nSPS) is 12.6. The van der Waals surface area contributed by atoms with Crippen LogP contribution in [0.3, 0.4) is 0 Å². The summed E-state index contributed by atoms with van der Waals surface area (Å²) in [6, 6.07) is 3.53. The van der Waals surface area contributed by atoms with E-state index in [1.165, 1.54) is 17.7 Å². The largest absolute Gasteiger partial charge is 0.476 e. The molecule has 0 radical (unpaired) electrons. The van der Waals surface area contributed by atoms with Gasteiger partial charge in [-0.25, -0.2) is 9.78 Å². The number of H-pyrrole nitrogens is 1. The Morgan fingerprint density at radius 2 is 2.40 bits per heavy atom. The lowest BCUT2D eigenvalue weighted by atomic mass is 10.2. The van der Waals surface area contributed by atoms with Crippen LogP contribution < -0.4 is 0 Å². The molecular formula is C9H8N2O3S. The van der Waals surface area contributed by atoms with Gasteiger partial charge in [0.25, 0.3) is 0 Å². The van der Waals surface area contributed by atoms with Crippen molar-refractivity contribution in [2.75, 3.05) is 0 Å². The molecule has 0 aliphatic rings. The third-order valence-corrected chi connectivity index (χ3v) is 2.88. The standard InChI is InChI=1S/C9H8N2O3S/c12-8(5-2-1-3-15-5)6-7(9(13)14)11-4-10-6/h1-4,8,12H,(H,10,11)(H,13,14). The summed E-state index contributed by atoms with van der Waals surface area (Å²) in [5.41, 5.74) is 0.0702. The molecule has 0 saturated heterocycles. The molecule has 6 heteroatoms. The van der Waals surface area contributed by atoms with E-state index in [1.54, 1.807) is 12.1 Å². The van der Waals surface area contributed by atoms with Gasteiger partial charge in [-0.15, -0.1) is 11.3 Å². The number of imidazole rings is 1. The zero-order valence-corrected chi connectivity index (χ0v) is 8.36. The zero-order chi connectivity index (χ0) is 10.8. The summed E-state index contributed by atoms with van der Waals surface area (Å²) in [6.07, 6.45) is 0.300.